The van der Waals surface area contributed by atoms with E-state index in [0.717, 1.165) is 4.88 Å². The van der Waals surface area contributed by atoms with Crippen molar-refractivity contribution in [2.45, 2.75) is 25.1 Å². The van der Waals surface area contributed by atoms with E-state index in [1.165, 1.54) is 0 Å². The summed E-state index contributed by atoms with van der Waals surface area (Å²) in [6, 6.07) is 3.71. The van der Waals surface area contributed by atoms with E-state index in [9.17, 15) is 9.90 Å². The molecule has 90 valence electrons. The lowest BCUT2D eigenvalue weighted by atomic mass is 10.2. The quantitative estimate of drug-likeness (QED) is 0.744. The van der Waals surface area contributed by atoms with Crippen LogP contribution in [0.1, 0.15) is 11.3 Å². The predicted octanol–water partition coefficient (Wildman–Crippen LogP) is 0.509. The number of aliphatic hydroxyl groups is 1. The highest BCUT2D eigenvalue weighted by atomic mass is 35.5. The standard InChI is InChI=1S/C10H14N2O2S.ClH/c13-7-4-9(11-5-7)10(14)12-6-8-2-1-3-15-8;/h1-3,7,9,11,13H,4-6H2,(H,12,14);1H/t7-,9+;/m0./s1. The van der Waals surface area contributed by atoms with Gasteiger partial charge in [0.25, 0.3) is 0 Å². The minimum absolute atomic E-state index is 0. The van der Waals surface area contributed by atoms with Crippen LogP contribution in [-0.4, -0.2) is 29.7 Å². The van der Waals surface area contributed by atoms with E-state index in [1.54, 1.807) is 11.3 Å². The van der Waals surface area contributed by atoms with Gasteiger partial charge in [-0.3, -0.25) is 4.79 Å². The summed E-state index contributed by atoms with van der Waals surface area (Å²) < 4.78 is 0. The zero-order chi connectivity index (χ0) is 10.7. The average molecular weight is 263 g/mol. The number of nitrogens with one attached hydrogen (secondary N) is 2. The van der Waals surface area contributed by atoms with Crippen molar-refractivity contribution in [3.05, 3.63) is 22.4 Å². The fraction of sp³-hybridized carbons (Fsp3) is 0.500. The Hall–Kier alpha value is -0.620. The van der Waals surface area contributed by atoms with E-state index in [4.69, 9.17) is 0 Å². The Morgan fingerprint density at radius 1 is 1.69 bits per heavy atom. The van der Waals surface area contributed by atoms with Crippen molar-refractivity contribution in [3.63, 3.8) is 0 Å². The molecule has 0 radical (unpaired) electrons. The van der Waals surface area contributed by atoms with Gasteiger partial charge in [0.2, 0.25) is 5.91 Å². The second-order valence-corrected chi connectivity index (χ2v) is 4.68. The highest BCUT2D eigenvalue weighted by molar-refractivity contribution is 7.09. The van der Waals surface area contributed by atoms with Crippen LogP contribution in [0.5, 0.6) is 0 Å². The third kappa shape index (κ3) is 3.45. The van der Waals surface area contributed by atoms with Gasteiger partial charge < -0.3 is 15.7 Å². The number of rotatable bonds is 3. The number of β-amino-alcohol motifs (C(OH)–C–C–N with tert-alkyl or cyclic N) is 1. The first-order valence-electron chi connectivity index (χ1n) is 4.97. The topological polar surface area (TPSA) is 61.4 Å². The van der Waals surface area contributed by atoms with Crippen molar-refractivity contribution in [3.8, 4) is 0 Å². The molecule has 0 aromatic carbocycles. The maximum absolute atomic E-state index is 11.6. The predicted molar refractivity (Wildman–Crippen MR) is 65.8 cm³/mol. The van der Waals surface area contributed by atoms with E-state index in [-0.39, 0.29) is 30.5 Å². The molecular weight excluding hydrogens is 248 g/mol. The van der Waals surface area contributed by atoms with Crippen LogP contribution in [0.3, 0.4) is 0 Å². The lowest BCUT2D eigenvalue weighted by Gasteiger charge is -2.09. The van der Waals surface area contributed by atoms with Gasteiger partial charge in [-0.05, 0) is 17.9 Å². The fourth-order valence-electron chi connectivity index (χ4n) is 1.63. The molecule has 2 rings (SSSR count). The highest BCUT2D eigenvalue weighted by Gasteiger charge is 2.27. The summed E-state index contributed by atoms with van der Waals surface area (Å²) >= 11 is 1.62. The number of hydrogen-bond donors (Lipinski definition) is 3. The van der Waals surface area contributed by atoms with Crippen molar-refractivity contribution in [2.75, 3.05) is 6.54 Å². The molecule has 4 nitrogen and oxygen atoms in total. The normalized spacial score (nSPS) is 23.8. The molecule has 0 bridgehead atoms. The summed E-state index contributed by atoms with van der Waals surface area (Å²) in [4.78, 5) is 12.7. The van der Waals surface area contributed by atoms with Crippen molar-refractivity contribution in [1.82, 2.24) is 10.6 Å². The Kier molecular flexibility index (Phi) is 5.21. The summed E-state index contributed by atoms with van der Waals surface area (Å²) in [7, 11) is 0. The van der Waals surface area contributed by atoms with Crippen LogP contribution in [0, 0.1) is 0 Å². The number of hydrogen-bond acceptors (Lipinski definition) is 4. The fourth-order valence-corrected chi connectivity index (χ4v) is 2.27. The average Bonchev–Trinajstić information content (AvgIpc) is 2.84. The number of thiophene rings is 1. The van der Waals surface area contributed by atoms with E-state index in [1.807, 2.05) is 17.5 Å². The summed E-state index contributed by atoms with van der Waals surface area (Å²) in [6.07, 6.45) is 0.124. The van der Waals surface area contributed by atoms with Gasteiger partial charge in [0.1, 0.15) is 0 Å². The van der Waals surface area contributed by atoms with E-state index < -0.39 is 0 Å². The first kappa shape index (κ1) is 13.4. The van der Waals surface area contributed by atoms with Gasteiger partial charge in [0.15, 0.2) is 0 Å². The monoisotopic (exact) mass is 262 g/mol. The first-order valence-corrected chi connectivity index (χ1v) is 5.85. The second kappa shape index (κ2) is 6.20. The molecule has 1 fully saturated rings. The Labute approximate surface area is 104 Å². The summed E-state index contributed by atoms with van der Waals surface area (Å²) in [5, 5.41) is 17.1. The van der Waals surface area contributed by atoms with Gasteiger partial charge in [-0.2, -0.15) is 0 Å². The van der Waals surface area contributed by atoms with Crippen LogP contribution in [0.15, 0.2) is 17.5 Å². The van der Waals surface area contributed by atoms with Crippen LogP contribution in [0.2, 0.25) is 0 Å². The van der Waals surface area contributed by atoms with E-state index in [2.05, 4.69) is 10.6 Å². The molecule has 0 saturated carbocycles. The minimum atomic E-state index is -0.387. The molecule has 1 aromatic rings. The Morgan fingerprint density at radius 3 is 3.06 bits per heavy atom. The molecule has 1 aliphatic rings. The molecular formula is C10H15ClN2O2S. The van der Waals surface area contributed by atoms with Crippen molar-refractivity contribution in [1.29, 1.82) is 0 Å². The SMILES string of the molecule is Cl.O=C(NCc1cccs1)[C@H]1C[C@H](O)CN1. The number of halogens is 1. The van der Waals surface area contributed by atoms with Crippen molar-refractivity contribution in [2.24, 2.45) is 0 Å². The van der Waals surface area contributed by atoms with Gasteiger partial charge in [0, 0.05) is 11.4 Å². The van der Waals surface area contributed by atoms with Crippen LogP contribution >= 0.6 is 23.7 Å². The van der Waals surface area contributed by atoms with Crippen molar-refractivity contribution < 1.29 is 9.90 Å². The summed E-state index contributed by atoms with van der Waals surface area (Å²) in [5.41, 5.74) is 0. The van der Waals surface area contributed by atoms with Gasteiger partial charge in [0.05, 0.1) is 18.7 Å². The largest absolute Gasteiger partial charge is 0.392 e. The molecule has 1 saturated heterocycles. The molecule has 0 spiro atoms. The van der Waals surface area contributed by atoms with Crippen LogP contribution in [0.25, 0.3) is 0 Å². The molecule has 0 unspecified atom stereocenters. The molecule has 6 heteroatoms. The number of carbonyl (C=O) groups is 1. The zero-order valence-corrected chi connectivity index (χ0v) is 10.3. The maximum Gasteiger partial charge on any atom is 0.237 e. The van der Waals surface area contributed by atoms with Crippen LogP contribution < -0.4 is 10.6 Å². The molecule has 16 heavy (non-hydrogen) atoms. The molecule has 1 aliphatic heterocycles. The summed E-state index contributed by atoms with van der Waals surface area (Å²) in [6.45, 7) is 1.09. The minimum Gasteiger partial charge on any atom is -0.392 e. The lowest BCUT2D eigenvalue weighted by Crippen LogP contribution is -2.39. The van der Waals surface area contributed by atoms with Crippen LogP contribution in [-0.2, 0) is 11.3 Å². The molecule has 1 aromatic heterocycles. The van der Waals surface area contributed by atoms with Crippen molar-refractivity contribution >= 4 is 29.7 Å². The van der Waals surface area contributed by atoms with Gasteiger partial charge in [-0.1, -0.05) is 6.07 Å². The maximum atomic E-state index is 11.6. The molecule has 1 amide bonds. The Bertz CT molecular complexity index is 332. The molecule has 0 aliphatic carbocycles. The molecule has 2 heterocycles. The second-order valence-electron chi connectivity index (χ2n) is 3.65. The lowest BCUT2D eigenvalue weighted by molar-refractivity contribution is -0.123. The molecule has 2 atom stereocenters. The Morgan fingerprint density at radius 2 is 2.50 bits per heavy atom. The third-order valence-corrected chi connectivity index (χ3v) is 3.32. The van der Waals surface area contributed by atoms with Crippen LogP contribution in [0.4, 0.5) is 0 Å². The first-order chi connectivity index (χ1) is 7.25. The van der Waals surface area contributed by atoms with Gasteiger partial charge in [-0.25, -0.2) is 0 Å². The number of aliphatic hydroxyl groups excluding tert-OH is 1. The van der Waals surface area contributed by atoms with E-state index in [0.29, 0.717) is 19.5 Å². The molecule has 3 N–H and O–H groups in total. The number of carbonyl (C=O) groups excluding carboxylic acids is 1. The highest BCUT2D eigenvalue weighted by Crippen LogP contribution is 2.09. The zero-order valence-electron chi connectivity index (χ0n) is 8.68. The third-order valence-electron chi connectivity index (χ3n) is 2.44. The summed E-state index contributed by atoms with van der Waals surface area (Å²) in [5.74, 6) is -0.0278. The number of amides is 1. The Balaban J connectivity index is 0.00000128. The van der Waals surface area contributed by atoms with E-state index >= 15 is 0 Å². The smallest absolute Gasteiger partial charge is 0.237 e. The van der Waals surface area contributed by atoms with Gasteiger partial charge >= 0.3 is 0 Å². The van der Waals surface area contributed by atoms with Gasteiger partial charge in [-0.15, -0.1) is 23.7 Å².